The van der Waals surface area contributed by atoms with Crippen LogP contribution >= 0.6 is 11.6 Å². The highest BCUT2D eigenvalue weighted by Crippen LogP contribution is 2.25. The smallest absolute Gasteiger partial charge is 0.255 e. The van der Waals surface area contributed by atoms with E-state index in [4.69, 9.17) is 16.3 Å². The van der Waals surface area contributed by atoms with Crippen LogP contribution in [0, 0.1) is 5.92 Å². The highest BCUT2D eigenvalue weighted by atomic mass is 35.5. The second-order valence-electron chi connectivity index (χ2n) is 8.85. The van der Waals surface area contributed by atoms with Crippen molar-refractivity contribution in [2.45, 2.75) is 64.5 Å². The van der Waals surface area contributed by atoms with Crippen LogP contribution in [0.15, 0.2) is 24.3 Å². The summed E-state index contributed by atoms with van der Waals surface area (Å²) in [6.07, 6.45) is 7.62. The number of piperidine rings is 1. The minimum absolute atomic E-state index is 0.0314. The molecule has 1 aliphatic carbocycles. The van der Waals surface area contributed by atoms with Gasteiger partial charge >= 0.3 is 0 Å². The lowest BCUT2D eigenvalue weighted by Crippen LogP contribution is -2.37. The van der Waals surface area contributed by atoms with E-state index < -0.39 is 0 Å². The van der Waals surface area contributed by atoms with E-state index in [0.29, 0.717) is 35.0 Å². The lowest BCUT2D eigenvalue weighted by Gasteiger charge is -2.32. The number of hydrogen-bond donors (Lipinski definition) is 2. The summed E-state index contributed by atoms with van der Waals surface area (Å²) in [5.74, 6) is 2.06. The predicted octanol–water partition coefficient (Wildman–Crippen LogP) is 4.59. The van der Waals surface area contributed by atoms with Crippen molar-refractivity contribution in [3.05, 3.63) is 46.5 Å². The SMILES string of the molecule is CCCCc1nc(Cl)c(CN2CCCC(COc3ccccc3C(=O)NC3CC3)C2)[nH]1. The number of aryl methyl sites for hydroxylation is 1. The fourth-order valence-corrected chi connectivity index (χ4v) is 4.35. The van der Waals surface area contributed by atoms with Crippen LogP contribution < -0.4 is 10.1 Å². The average Bonchev–Trinajstić information content (AvgIpc) is 3.53. The van der Waals surface area contributed by atoms with E-state index in [1.54, 1.807) is 0 Å². The largest absolute Gasteiger partial charge is 0.492 e. The maximum atomic E-state index is 12.5. The monoisotopic (exact) mass is 444 g/mol. The van der Waals surface area contributed by atoms with Gasteiger partial charge in [-0.25, -0.2) is 4.98 Å². The molecule has 4 rings (SSSR count). The van der Waals surface area contributed by atoms with Gasteiger partial charge in [-0.1, -0.05) is 37.1 Å². The Balaban J connectivity index is 1.31. The Kier molecular flexibility index (Phi) is 7.51. The number of hydrogen-bond acceptors (Lipinski definition) is 4. The maximum absolute atomic E-state index is 12.5. The van der Waals surface area contributed by atoms with Crippen molar-refractivity contribution < 1.29 is 9.53 Å². The van der Waals surface area contributed by atoms with Crippen LogP contribution in [0.4, 0.5) is 0 Å². The maximum Gasteiger partial charge on any atom is 0.255 e. The third kappa shape index (κ3) is 6.23. The molecule has 2 fully saturated rings. The molecule has 1 atom stereocenters. The molecule has 1 unspecified atom stereocenters. The van der Waals surface area contributed by atoms with E-state index in [1.165, 1.54) is 0 Å². The molecule has 6 nitrogen and oxygen atoms in total. The molecule has 168 valence electrons. The zero-order valence-electron chi connectivity index (χ0n) is 18.3. The van der Waals surface area contributed by atoms with Gasteiger partial charge < -0.3 is 15.0 Å². The number of benzene rings is 1. The number of carbonyl (C=O) groups excluding carboxylic acids is 1. The highest BCUT2D eigenvalue weighted by Gasteiger charge is 2.26. The van der Waals surface area contributed by atoms with Gasteiger partial charge in [-0.05, 0) is 50.8 Å². The summed E-state index contributed by atoms with van der Waals surface area (Å²) in [7, 11) is 0. The lowest BCUT2D eigenvalue weighted by atomic mass is 9.99. The van der Waals surface area contributed by atoms with Crippen LogP contribution in [-0.2, 0) is 13.0 Å². The zero-order valence-corrected chi connectivity index (χ0v) is 19.1. The first-order chi connectivity index (χ1) is 15.1. The summed E-state index contributed by atoms with van der Waals surface area (Å²) in [6, 6.07) is 7.89. The van der Waals surface area contributed by atoms with Crippen molar-refractivity contribution in [1.82, 2.24) is 20.2 Å². The summed E-state index contributed by atoms with van der Waals surface area (Å²) in [5, 5.41) is 3.65. The molecule has 0 spiro atoms. The Hall–Kier alpha value is -2.05. The first-order valence-electron chi connectivity index (χ1n) is 11.6. The molecule has 2 N–H and O–H groups in total. The van der Waals surface area contributed by atoms with Crippen LogP contribution in [0.2, 0.25) is 5.15 Å². The zero-order chi connectivity index (χ0) is 21.6. The van der Waals surface area contributed by atoms with Gasteiger partial charge in [0.15, 0.2) is 5.15 Å². The van der Waals surface area contributed by atoms with Gasteiger partial charge in [0, 0.05) is 31.5 Å². The second kappa shape index (κ2) is 10.5. The molecule has 1 amide bonds. The molecule has 1 aromatic carbocycles. The Morgan fingerprint density at radius 3 is 2.97 bits per heavy atom. The minimum atomic E-state index is -0.0314. The lowest BCUT2D eigenvalue weighted by molar-refractivity contribution is 0.0940. The molecule has 7 heteroatoms. The molecule has 31 heavy (non-hydrogen) atoms. The Bertz CT molecular complexity index is 880. The van der Waals surface area contributed by atoms with E-state index in [0.717, 1.165) is 76.1 Å². The summed E-state index contributed by atoms with van der Waals surface area (Å²) < 4.78 is 6.14. The molecule has 1 aromatic heterocycles. The van der Waals surface area contributed by atoms with Crippen molar-refractivity contribution >= 4 is 17.5 Å². The number of rotatable bonds is 10. The third-order valence-corrected chi connectivity index (χ3v) is 6.36. The number of aromatic amines is 1. The van der Waals surface area contributed by atoms with E-state index in [1.807, 2.05) is 24.3 Å². The van der Waals surface area contributed by atoms with Crippen LogP contribution in [0.25, 0.3) is 0 Å². The number of ether oxygens (including phenoxy) is 1. The van der Waals surface area contributed by atoms with E-state index in [2.05, 4.69) is 27.1 Å². The van der Waals surface area contributed by atoms with Gasteiger partial charge in [-0.2, -0.15) is 0 Å². The first-order valence-corrected chi connectivity index (χ1v) is 12.0. The number of para-hydroxylation sites is 1. The molecular weight excluding hydrogens is 412 g/mol. The Labute approximate surface area is 189 Å². The number of carbonyl (C=O) groups is 1. The van der Waals surface area contributed by atoms with E-state index in [-0.39, 0.29) is 5.91 Å². The van der Waals surface area contributed by atoms with Crippen LogP contribution in [0.5, 0.6) is 5.75 Å². The quantitative estimate of drug-likeness (QED) is 0.562. The summed E-state index contributed by atoms with van der Waals surface area (Å²) in [5.41, 5.74) is 1.64. The van der Waals surface area contributed by atoms with Crippen LogP contribution in [0.1, 0.15) is 67.3 Å². The summed E-state index contributed by atoms with van der Waals surface area (Å²) in [6.45, 7) is 5.59. The third-order valence-electron chi connectivity index (χ3n) is 6.05. The molecule has 2 heterocycles. The molecule has 1 saturated carbocycles. The molecule has 2 aliphatic rings. The minimum Gasteiger partial charge on any atom is -0.492 e. The number of amides is 1. The fraction of sp³-hybridized carbons (Fsp3) is 0.583. The van der Waals surface area contributed by atoms with Gasteiger partial charge in [-0.15, -0.1) is 0 Å². The summed E-state index contributed by atoms with van der Waals surface area (Å²) >= 11 is 6.38. The highest BCUT2D eigenvalue weighted by molar-refractivity contribution is 6.30. The van der Waals surface area contributed by atoms with Crippen molar-refractivity contribution in [2.75, 3.05) is 19.7 Å². The van der Waals surface area contributed by atoms with Crippen LogP contribution in [0.3, 0.4) is 0 Å². The van der Waals surface area contributed by atoms with Crippen LogP contribution in [-0.4, -0.2) is 46.5 Å². The Morgan fingerprint density at radius 2 is 2.16 bits per heavy atom. The number of nitrogens with zero attached hydrogens (tertiary/aromatic N) is 2. The van der Waals surface area contributed by atoms with Crippen molar-refractivity contribution in [1.29, 1.82) is 0 Å². The molecule has 1 saturated heterocycles. The standard InChI is InChI=1S/C24H33ClN4O2/c1-2-3-10-22-27-20(23(25)28-22)15-29-13-6-7-17(14-29)16-31-21-9-5-4-8-19(21)24(30)26-18-11-12-18/h4-5,8-9,17-18H,2-3,6-7,10-16H2,1H3,(H,26,30)(H,27,28). The van der Waals surface area contributed by atoms with Gasteiger partial charge in [-0.3, -0.25) is 9.69 Å². The van der Waals surface area contributed by atoms with Gasteiger partial charge in [0.05, 0.1) is 17.9 Å². The van der Waals surface area contributed by atoms with Gasteiger partial charge in [0.2, 0.25) is 0 Å². The van der Waals surface area contributed by atoms with E-state index >= 15 is 0 Å². The molecule has 0 radical (unpaired) electrons. The predicted molar refractivity (Wildman–Crippen MR) is 123 cm³/mol. The number of likely N-dealkylation sites (tertiary alicyclic amines) is 1. The number of H-pyrrole nitrogens is 1. The van der Waals surface area contributed by atoms with Gasteiger partial charge in [0.1, 0.15) is 11.6 Å². The number of aromatic nitrogens is 2. The molecule has 0 bridgehead atoms. The topological polar surface area (TPSA) is 70.2 Å². The summed E-state index contributed by atoms with van der Waals surface area (Å²) in [4.78, 5) is 22.8. The Morgan fingerprint density at radius 1 is 1.32 bits per heavy atom. The number of imidazole rings is 1. The van der Waals surface area contributed by atoms with E-state index in [9.17, 15) is 4.79 Å². The molecule has 2 aromatic rings. The molecule has 1 aliphatic heterocycles. The normalized spacial score (nSPS) is 19.4. The number of halogens is 1. The number of nitrogens with one attached hydrogen (secondary N) is 2. The van der Waals surface area contributed by atoms with Gasteiger partial charge in [0.25, 0.3) is 5.91 Å². The first kappa shape index (κ1) is 22.2. The van der Waals surface area contributed by atoms with Crippen molar-refractivity contribution in [3.63, 3.8) is 0 Å². The fourth-order valence-electron chi connectivity index (χ4n) is 4.14. The molecular formula is C24H33ClN4O2. The van der Waals surface area contributed by atoms with Crippen molar-refractivity contribution in [3.8, 4) is 5.75 Å². The van der Waals surface area contributed by atoms with Crippen molar-refractivity contribution in [2.24, 2.45) is 5.92 Å². The average molecular weight is 445 g/mol. The second-order valence-corrected chi connectivity index (χ2v) is 9.21. The number of unbranched alkanes of at least 4 members (excludes halogenated alkanes) is 1.